The van der Waals surface area contributed by atoms with E-state index in [0.29, 0.717) is 5.95 Å². The Morgan fingerprint density at radius 2 is 2.22 bits per heavy atom. The molecular weight excluding hydrogens is 230 g/mol. The molecule has 2 rings (SSSR count). The molecule has 96 valence electrons. The quantitative estimate of drug-likeness (QED) is 0.841. The first-order valence-electron chi connectivity index (χ1n) is 5.86. The highest BCUT2D eigenvalue weighted by atomic mass is 16.5. The Hall–Kier alpha value is -2.04. The summed E-state index contributed by atoms with van der Waals surface area (Å²) in [5.41, 5.74) is 8.56. The van der Waals surface area contributed by atoms with Gasteiger partial charge in [0.15, 0.2) is 0 Å². The second-order valence-corrected chi connectivity index (χ2v) is 4.51. The van der Waals surface area contributed by atoms with Gasteiger partial charge in [0.1, 0.15) is 0 Å². The number of anilines is 1. The maximum atomic E-state index is 11.2. The lowest BCUT2D eigenvalue weighted by molar-refractivity contribution is -0.139. The van der Waals surface area contributed by atoms with Gasteiger partial charge in [-0.05, 0) is 31.5 Å². The van der Waals surface area contributed by atoms with E-state index in [4.69, 9.17) is 5.73 Å². The van der Waals surface area contributed by atoms with Crippen molar-refractivity contribution in [3.63, 3.8) is 0 Å². The monoisotopic (exact) mass is 247 g/mol. The van der Waals surface area contributed by atoms with Crippen LogP contribution < -0.4 is 5.73 Å². The number of hydrogen-bond donors (Lipinski definition) is 1. The number of carbonyl (C=O) groups excluding carboxylic acids is 1. The van der Waals surface area contributed by atoms with Crippen LogP contribution in [0.4, 0.5) is 5.95 Å². The molecule has 2 N–H and O–H groups in total. The summed E-state index contributed by atoms with van der Waals surface area (Å²) < 4.78 is 6.61. The second kappa shape index (κ2) is 4.68. The molecule has 0 aliphatic carbocycles. The van der Waals surface area contributed by atoms with E-state index in [1.807, 2.05) is 22.8 Å². The number of aromatic nitrogens is 2. The lowest BCUT2D eigenvalue weighted by atomic mass is 10.1. The van der Waals surface area contributed by atoms with Crippen molar-refractivity contribution in [2.24, 2.45) is 0 Å². The molecule has 0 spiro atoms. The number of imidazole rings is 1. The highest BCUT2D eigenvalue weighted by Crippen LogP contribution is 2.23. The minimum atomic E-state index is -0.259. The van der Waals surface area contributed by atoms with Crippen LogP contribution in [0.3, 0.4) is 0 Å². The number of methoxy groups -OCH3 is 1. The van der Waals surface area contributed by atoms with E-state index in [-0.39, 0.29) is 18.4 Å². The largest absolute Gasteiger partial charge is 0.469 e. The number of esters is 1. The van der Waals surface area contributed by atoms with Crippen LogP contribution in [-0.2, 0) is 16.0 Å². The van der Waals surface area contributed by atoms with Crippen molar-refractivity contribution in [1.82, 2.24) is 9.55 Å². The predicted octanol–water partition coefficient (Wildman–Crippen LogP) is 1.91. The number of rotatable bonds is 3. The molecule has 5 nitrogen and oxygen atoms in total. The summed E-state index contributed by atoms with van der Waals surface area (Å²) in [7, 11) is 1.38. The third-order valence-electron chi connectivity index (χ3n) is 2.87. The van der Waals surface area contributed by atoms with Gasteiger partial charge in [0, 0.05) is 6.04 Å². The molecule has 0 saturated heterocycles. The van der Waals surface area contributed by atoms with Crippen LogP contribution in [0.1, 0.15) is 25.5 Å². The average molecular weight is 247 g/mol. The topological polar surface area (TPSA) is 70.1 Å². The van der Waals surface area contributed by atoms with Crippen LogP contribution in [0.2, 0.25) is 0 Å². The van der Waals surface area contributed by atoms with E-state index in [1.165, 1.54) is 7.11 Å². The number of ether oxygens (including phenoxy) is 1. The number of benzene rings is 1. The number of fused-ring (bicyclic) bond motifs is 1. The fourth-order valence-electron chi connectivity index (χ4n) is 2.05. The Kier molecular flexibility index (Phi) is 3.23. The first-order chi connectivity index (χ1) is 8.52. The van der Waals surface area contributed by atoms with Gasteiger partial charge in [0.05, 0.1) is 24.6 Å². The van der Waals surface area contributed by atoms with E-state index in [0.717, 1.165) is 16.6 Å². The van der Waals surface area contributed by atoms with Gasteiger partial charge in [-0.15, -0.1) is 0 Å². The number of hydrogen-bond acceptors (Lipinski definition) is 4. The SMILES string of the molecule is COC(=O)Cc1ccc2c(c1)nc(N)n2C(C)C. The molecule has 0 unspecified atom stereocenters. The van der Waals surface area contributed by atoms with Crippen molar-refractivity contribution >= 4 is 23.0 Å². The molecular formula is C13H17N3O2. The Labute approximate surface area is 106 Å². The molecule has 0 radical (unpaired) electrons. The number of nitrogen functional groups attached to an aromatic ring is 1. The van der Waals surface area contributed by atoms with E-state index in [1.54, 1.807) is 0 Å². The normalized spacial score (nSPS) is 11.1. The first kappa shape index (κ1) is 12.4. The van der Waals surface area contributed by atoms with Gasteiger partial charge < -0.3 is 15.0 Å². The average Bonchev–Trinajstić information content (AvgIpc) is 2.64. The van der Waals surface area contributed by atoms with Gasteiger partial charge in [-0.25, -0.2) is 4.98 Å². The van der Waals surface area contributed by atoms with Crippen molar-refractivity contribution in [2.45, 2.75) is 26.3 Å². The van der Waals surface area contributed by atoms with E-state index in [2.05, 4.69) is 23.6 Å². The molecule has 0 saturated carbocycles. The smallest absolute Gasteiger partial charge is 0.309 e. The molecule has 5 heteroatoms. The first-order valence-corrected chi connectivity index (χ1v) is 5.86. The summed E-state index contributed by atoms with van der Waals surface area (Å²) in [6.07, 6.45) is 0.251. The zero-order valence-corrected chi connectivity index (χ0v) is 10.8. The fourth-order valence-corrected chi connectivity index (χ4v) is 2.05. The highest BCUT2D eigenvalue weighted by Gasteiger charge is 2.12. The van der Waals surface area contributed by atoms with Crippen molar-refractivity contribution in [2.75, 3.05) is 12.8 Å². The van der Waals surface area contributed by atoms with Crippen LogP contribution >= 0.6 is 0 Å². The van der Waals surface area contributed by atoms with Gasteiger partial charge in [-0.2, -0.15) is 0 Å². The van der Waals surface area contributed by atoms with Crippen LogP contribution in [0.15, 0.2) is 18.2 Å². The maximum Gasteiger partial charge on any atom is 0.309 e. The minimum Gasteiger partial charge on any atom is -0.469 e. The summed E-state index contributed by atoms with van der Waals surface area (Å²) in [6.45, 7) is 4.11. The fraction of sp³-hybridized carbons (Fsp3) is 0.385. The van der Waals surface area contributed by atoms with Gasteiger partial charge in [0.2, 0.25) is 5.95 Å². The lowest BCUT2D eigenvalue weighted by Crippen LogP contribution is -2.05. The maximum absolute atomic E-state index is 11.2. The molecule has 0 amide bonds. The number of nitrogens with zero attached hydrogens (tertiary/aromatic N) is 2. The zero-order chi connectivity index (χ0) is 13.3. The molecule has 0 aliphatic heterocycles. The molecule has 0 bridgehead atoms. The Morgan fingerprint density at radius 3 is 2.83 bits per heavy atom. The lowest BCUT2D eigenvalue weighted by Gasteiger charge is -2.10. The molecule has 0 atom stereocenters. The summed E-state index contributed by atoms with van der Waals surface area (Å²) in [6, 6.07) is 5.97. The number of nitrogens with two attached hydrogens (primary N) is 1. The Balaban J connectivity index is 2.44. The number of carbonyl (C=O) groups is 1. The minimum absolute atomic E-state index is 0.251. The third kappa shape index (κ3) is 2.16. The van der Waals surface area contributed by atoms with Gasteiger partial charge >= 0.3 is 5.97 Å². The summed E-state index contributed by atoms with van der Waals surface area (Å²) >= 11 is 0. The van der Waals surface area contributed by atoms with Crippen LogP contribution in [-0.4, -0.2) is 22.6 Å². The van der Waals surface area contributed by atoms with Crippen LogP contribution in [0.5, 0.6) is 0 Å². The van der Waals surface area contributed by atoms with Crippen LogP contribution in [0.25, 0.3) is 11.0 Å². The Morgan fingerprint density at radius 1 is 1.50 bits per heavy atom. The Bertz CT molecular complexity index is 587. The van der Waals surface area contributed by atoms with Crippen molar-refractivity contribution in [1.29, 1.82) is 0 Å². The molecule has 0 fully saturated rings. The van der Waals surface area contributed by atoms with E-state index in [9.17, 15) is 4.79 Å². The zero-order valence-electron chi connectivity index (χ0n) is 10.8. The van der Waals surface area contributed by atoms with Crippen molar-refractivity contribution in [3.8, 4) is 0 Å². The van der Waals surface area contributed by atoms with E-state index >= 15 is 0 Å². The molecule has 1 heterocycles. The predicted molar refractivity (Wildman–Crippen MR) is 70.3 cm³/mol. The molecule has 2 aromatic rings. The summed E-state index contributed by atoms with van der Waals surface area (Å²) in [5, 5.41) is 0. The van der Waals surface area contributed by atoms with Crippen LogP contribution in [0, 0.1) is 0 Å². The molecule has 1 aromatic carbocycles. The van der Waals surface area contributed by atoms with Crippen molar-refractivity contribution < 1.29 is 9.53 Å². The summed E-state index contributed by atoms with van der Waals surface area (Å²) in [5.74, 6) is 0.237. The standard InChI is InChI=1S/C13H17N3O2/c1-8(2)16-11-5-4-9(7-12(17)18-3)6-10(11)15-13(16)14/h4-6,8H,7H2,1-3H3,(H2,14,15). The highest BCUT2D eigenvalue weighted by molar-refractivity contribution is 5.81. The molecule has 1 aromatic heterocycles. The van der Waals surface area contributed by atoms with Gasteiger partial charge in [0.25, 0.3) is 0 Å². The van der Waals surface area contributed by atoms with Crippen molar-refractivity contribution in [3.05, 3.63) is 23.8 Å². The molecule has 0 aliphatic rings. The summed E-state index contributed by atoms with van der Waals surface area (Å²) in [4.78, 5) is 15.5. The third-order valence-corrected chi connectivity index (χ3v) is 2.87. The van der Waals surface area contributed by atoms with Gasteiger partial charge in [-0.1, -0.05) is 6.07 Å². The van der Waals surface area contributed by atoms with E-state index < -0.39 is 0 Å². The van der Waals surface area contributed by atoms with Gasteiger partial charge in [-0.3, -0.25) is 4.79 Å². The molecule has 18 heavy (non-hydrogen) atoms. The second-order valence-electron chi connectivity index (χ2n) is 4.51.